The Balaban J connectivity index is 1.73. The molecule has 1 aromatic rings. The van der Waals surface area contributed by atoms with E-state index < -0.39 is 0 Å². The lowest BCUT2D eigenvalue weighted by atomic mass is 10.3. The molecule has 1 aliphatic rings. The Morgan fingerprint density at radius 3 is 2.59 bits per heavy atom. The lowest BCUT2D eigenvalue weighted by Gasteiger charge is -2.21. The molecule has 0 unspecified atom stereocenters. The van der Waals surface area contributed by atoms with E-state index in [0.29, 0.717) is 38.3 Å². The summed E-state index contributed by atoms with van der Waals surface area (Å²) in [4.78, 5) is 38.8. The zero-order chi connectivity index (χ0) is 15.9. The van der Waals surface area contributed by atoms with Crippen molar-refractivity contribution in [3.63, 3.8) is 0 Å². The van der Waals surface area contributed by atoms with Gasteiger partial charge < -0.3 is 15.1 Å². The number of carbonyl (C=O) groups is 3. The van der Waals surface area contributed by atoms with E-state index in [1.165, 1.54) is 11.3 Å². The van der Waals surface area contributed by atoms with E-state index in [-0.39, 0.29) is 24.1 Å². The van der Waals surface area contributed by atoms with Gasteiger partial charge in [-0.2, -0.15) is 11.3 Å². The molecule has 0 atom stereocenters. The van der Waals surface area contributed by atoms with Crippen molar-refractivity contribution in [2.24, 2.45) is 0 Å². The SMILES string of the molecule is CC(=O)N1CCCN(C(=O)CCNC(=O)c2ccsc2)CC1. The summed E-state index contributed by atoms with van der Waals surface area (Å²) in [6.07, 6.45) is 1.09. The molecule has 120 valence electrons. The van der Waals surface area contributed by atoms with E-state index in [9.17, 15) is 14.4 Å². The number of hydrogen-bond acceptors (Lipinski definition) is 4. The summed E-state index contributed by atoms with van der Waals surface area (Å²) in [5.74, 6) is -0.0685. The van der Waals surface area contributed by atoms with E-state index in [1.807, 2.05) is 5.38 Å². The van der Waals surface area contributed by atoms with Crippen molar-refractivity contribution in [1.29, 1.82) is 0 Å². The van der Waals surface area contributed by atoms with Gasteiger partial charge in [-0.1, -0.05) is 0 Å². The first-order valence-electron chi connectivity index (χ1n) is 7.41. The molecule has 0 aliphatic carbocycles. The molecule has 6 nitrogen and oxygen atoms in total. The molecular formula is C15H21N3O3S. The van der Waals surface area contributed by atoms with Gasteiger partial charge in [0.25, 0.3) is 5.91 Å². The molecule has 2 rings (SSSR count). The highest BCUT2D eigenvalue weighted by molar-refractivity contribution is 7.08. The molecule has 0 saturated carbocycles. The Morgan fingerprint density at radius 2 is 1.91 bits per heavy atom. The standard InChI is InChI=1S/C15H21N3O3S/c1-12(19)17-6-2-7-18(9-8-17)14(20)3-5-16-15(21)13-4-10-22-11-13/h4,10-11H,2-3,5-9H2,1H3,(H,16,21). The van der Waals surface area contributed by atoms with Crippen LogP contribution in [0.1, 0.15) is 30.1 Å². The van der Waals surface area contributed by atoms with Crippen LogP contribution in [0.25, 0.3) is 0 Å². The van der Waals surface area contributed by atoms with Crippen molar-refractivity contribution in [3.05, 3.63) is 22.4 Å². The normalized spacial score (nSPS) is 15.3. The van der Waals surface area contributed by atoms with E-state index >= 15 is 0 Å². The van der Waals surface area contributed by atoms with E-state index in [4.69, 9.17) is 0 Å². The second-order valence-corrected chi connectivity index (χ2v) is 6.04. The molecule has 1 aromatic heterocycles. The smallest absolute Gasteiger partial charge is 0.252 e. The van der Waals surface area contributed by atoms with Gasteiger partial charge in [0.15, 0.2) is 0 Å². The van der Waals surface area contributed by atoms with Crippen molar-refractivity contribution >= 4 is 29.1 Å². The van der Waals surface area contributed by atoms with Gasteiger partial charge in [0.05, 0.1) is 0 Å². The first-order chi connectivity index (χ1) is 10.6. The van der Waals surface area contributed by atoms with E-state index in [0.717, 1.165) is 6.42 Å². The van der Waals surface area contributed by atoms with Crippen LogP contribution >= 0.6 is 11.3 Å². The summed E-state index contributed by atoms with van der Waals surface area (Å²) in [6.45, 7) is 4.41. The quantitative estimate of drug-likeness (QED) is 0.897. The molecule has 2 heterocycles. The Morgan fingerprint density at radius 1 is 1.18 bits per heavy atom. The summed E-state index contributed by atoms with van der Waals surface area (Å²) in [7, 11) is 0. The summed E-state index contributed by atoms with van der Waals surface area (Å²) >= 11 is 1.47. The number of thiophene rings is 1. The van der Waals surface area contributed by atoms with Gasteiger partial charge in [-0.3, -0.25) is 14.4 Å². The average molecular weight is 323 g/mol. The third kappa shape index (κ3) is 4.56. The van der Waals surface area contributed by atoms with E-state index in [1.54, 1.807) is 28.2 Å². The molecule has 0 bridgehead atoms. The van der Waals surface area contributed by atoms with Crippen LogP contribution in [0.5, 0.6) is 0 Å². The van der Waals surface area contributed by atoms with Crippen molar-refractivity contribution in [3.8, 4) is 0 Å². The minimum absolute atomic E-state index is 0.0241. The third-order valence-corrected chi connectivity index (χ3v) is 4.38. The van der Waals surface area contributed by atoms with Gasteiger partial charge >= 0.3 is 0 Å². The molecule has 1 fully saturated rings. The Labute approximate surface area is 134 Å². The molecule has 0 aromatic carbocycles. The molecule has 1 saturated heterocycles. The molecule has 1 N–H and O–H groups in total. The fourth-order valence-corrected chi connectivity index (χ4v) is 3.05. The van der Waals surface area contributed by atoms with Crippen LogP contribution in [0.4, 0.5) is 0 Å². The molecule has 0 spiro atoms. The number of hydrogen-bond donors (Lipinski definition) is 1. The minimum atomic E-state index is -0.146. The van der Waals surface area contributed by atoms with Crippen molar-refractivity contribution in [1.82, 2.24) is 15.1 Å². The fourth-order valence-electron chi connectivity index (χ4n) is 2.42. The predicted octanol–water partition coefficient (Wildman–Crippen LogP) is 0.949. The zero-order valence-electron chi connectivity index (χ0n) is 12.7. The van der Waals surface area contributed by atoms with Gasteiger partial charge in [-0.05, 0) is 17.9 Å². The van der Waals surface area contributed by atoms with Crippen LogP contribution in [-0.4, -0.2) is 60.2 Å². The number of carbonyl (C=O) groups excluding carboxylic acids is 3. The Kier molecular flexibility index (Phi) is 5.94. The first kappa shape index (κ1) is 16.5. The lowest BCUT2D eigenvalue weighted by molar-refractivity contribution is -0.132. The maximum absolute atomic E-state index is 12.2. The van der Waals surface area contributed by atoms with Crippen LogP contribution in [-0.2, 0) is 9.59 Å². The van der Waals surface area contributed by atoms with Crippen molar-refractivity contribution in [2.75, 3.05) is 32.7 Å². The van der Waals surface area contributed by atoms with Gasteiger partial charge in [0.2, 0.25) is 11.8 Å². The fraction of sp³-hybridized carbons (Fsp3) is 0.533. The number of rotatable bonds is 4. The summed E-state index contributed by atoms with van der Waals surface area (Å²) in [6, 6.07) is 1.76. The third-order valence-electron chi connectivity index (χ3n) is 3.70. The first-order valence-corrected chi connectivity index (χ1v) is 8.36. The predicted molar refractivity (Wildman–Crippen MR) is 84.7 cm³/mol. The van der Waals surface area contributed by atoms with E-state index in [2.05, 4.69) is 5.32 Å². The zero-order valence-corrected chi connectivity index (χ0v) is 13.5. The summed E-state index contributed by atoms with van der Waals surface area (Å²) in [5, 5.41) is 6.38. The Bertz CT molecular complexity index is 530. The van der Waals surface area contributed by atoms with Crippen molar-refractivity contribution < 1.29 is 14.4 Å². The minimum Gasteiger partial charge on any atom is -0.351 e. The molecule has 3 amide bonds. The molecule has 7 heteroatoms. The van der Waals surface area contributed by atoms with Crippen LogP contribution in [0, 0.1) is 0 Å². The largest absolute Gasteiger partial charge is 0.351 e. The van der Waals surface area contributed by atoms with Crippen molar-refractivity contribution in [2.45, 2.75) is 19.8 Å². The van der Waals surface area contributed by atoms with Crippen LogP contribution in [0.2, 0.25) is 0 Å². The van der Waals surface area contributed by atoms with Crippen LogP contribution in [0.15, 0.2) is 16.8 Å². The van der Waals surface area contributed by atoms with Gasteiger partial charge in [0, 0.05) is 57.0 Å². The van der Waals surface area contributed by atoms with Crippen LogP contribution in [0.3, 0.4) is 0 Å². The van der Waals surface area contributed by atoms with Gasteiger partial charge in [-0.15, -0.1) is 0 Å². The van der Waals surface area contributed by atoms with Crippen LogP contribution < -0.4 is 5.32 Å². The highest BCUT2D eigenvalue weighted by Crippen LogP contribution is 2.07. The van der Waals surface area contributed by atoms with Gasteiger partial charge in [-0.25, -0.2) is 0 Å². The summed E-state index contributed by atoms with van der Waals surface area (Å²) < 4.78 is 0. The maximum atomic E-state index is 12.2. The Hall–Kier alpha value is -1.89. The lowest BCUT2D eigenvalue weighted by Crippen LogP contribution is -2.38. The monoisotopic (exact) mass is 323 g/mol. The average Bonchev–Trinajstić information content (AvgIpc) is 2.91. The topological polar surface area (TPSA) is 69.7 Å². The second-order valence-electron chi connectivity index (χ2n) is 5.26. The second kappa shape index (κ2) is 7.93. The molecule has 0 radical (unpaired) electrons. The molecule has 1 aliphatic heterocycles. The molecule has 22 heavy (non-hydrogen) atoms. The number of nitrogens with one attached hydrogen (secondary N) is 1. The highest BCUT2D eigenvalue weighted by Gasteiger charge is 2.20. The number of nitrogens with zero attached hydrogens (tertiary/aromatic N) is 2. The number of amides is 3. The maximum Gasteiger partial charge on any atom is 0.252 e. The van der Waals surface area contributed by atoms with Gasteiger partial charge in [0.1, 0.15) is 0 Å². The summed E-state index contributed by atoms with van der Waals surface area (Å²) in [5.41, 5.74) is 0.629. The molecular weight excluding hydrogens is 302 g/mol. The highest BCUT2D eigenvalue weighted by atomic mass is 32.1.